The molecule has 0 fully saturated rings. The van der Waals surface area contributed by atoms with Crippen molar-refractivity contribution in [2.75, 3.05) is 25.3 Å². The van der Waals surface area contributed by atoms with Crippen molar-refractivity contribution in [1.29, 1.82) is 0 Å². The lowest BCUT2D eigenvalue weighted by atomic mass is 10.2. The quantitative estimate of drug-likeness (QED) is 0.591. The van der Waals surface area contributed by atoms with Crippen LogP contribution in [0.4, 0.5) is 5.69 Å². The molecular weight excluding hydrogens is 390 g/mol. The van der Waals surface area contributed by atoms with E-state index in [-0.39, 0.29) is 16.9 Å². The molecule has 2 aromatic carbocycles. The van der Waals surface area contributed by atoms with E-state index in [9.17, 15) is 4.79 Å². The van der Waals surface area contributed by atoms with Gasteiger partial charge in [0.05, 0.1) is 36.2 Å². The van der Waals surface area contributed by atoms with E-state index in [1.54, 1.807) is 56.7 Å². The molecule has 0 atom stereocenters. The second-order valence-corrected chi connectivity index (χ2v) is 6.59. The lowest BCUT2D eigenvalue weighted by molar-refractivity contribution is -0.113. The standard InChI is InChI=1S/C18H16ClN3O4S/c1-24-11-7-8-12(15(9-11)25-2)17-21-22-18(26-17)27-10-16(23)20-14-6-4-3-5-13(14)19/h3-9H,10H2,1-2H3,(H,20,23). The summed E-state index contributed by atoms with van der Waals surface area (Å²) in [6, 6.07) is 12.3. The third kappa shape index (κ3) is 4.72. The Bertz CT molecular complexity index is 948. The van der Waals surface area contributed by atoms with Crippen LogP contribution in [-0.4, -0.2) is 36.1 Å². The van der Waals surface area contributed by atoms with Crippen molar-refractivity contribution >= 4 is 35.0 Å². The zero-order valence-electron chi connectivity index (χ0n) is 14.6. The Labute approximate surface area is 165 Å². The number of carbonyl (C=O) groups is 1. The Morgan fingerprint density at radius 3 is 2.74 bits per heavy atom. The van der Waals surface area contributed by atoms with Crippen LogP contribution in [0, 0.1) is 0 Å². The van der Waals surface area contributed by atoms with E-state index in [0.717, 1.165) is 11.8 Å². The summed E-state index contributed by atoms with van der Waals surface area (Å²) in [5.74, 6) is 1.37. The highest BCUT2D eigenvalue weighted by Gasteiger charge is 2.16. The van der Waals surface area contributed by atoms with Gasteiger partial charge < -0.3 is 19.2 Å². The fourth-order valence-electron chi connectivity index (χ4n) is 2.23. The van der Waals surface area contributed by atoms with E-state index in [2.05, 4.69) is 15.5 Å². The Hall–Kier alpha value is -2.71. The predicted octanol–water partition coefficient (Wildman–Crippen LogP) is 4.14. The molecule has 0 aliphatic rings. The molecule has 0 radical (unpaired) electrons. The topological polar surface area (TPSA) is 86.5 Å². The zero-order chi connectivity index (χ0) is 19.2. The van der Waals surface area contributed by atoms with Gasteiger partial charge in [-0.05, 0) is 24.3 Å². The summed E-state index contributed by atoms with van der Waals surface area (Å²) in [4.78, 5) is 12.1. The third-order valence-corrected chi connectivity index (χ3v) is 4.67. The number of nitrogens with zero attached hydrogens (tertiary/aromatic N) is 2. The van der Waals surface area contributed by atoms with Gasteiger partial charge in [-0.2, -0.15) is 0 Å². The van der Waals surface area contributed by atoms with E-state index in [4.69, 9.17) is 25.5 Å². The van der Waals surface area contributed by atoms with Crippen LogP contribution in [0.1, 0.15) is 0 Å². The van der Waals surface area contributed by atoms with E-state index < -0.39 is 0 Å². The number of para-hydroxylation sites is 1. The number of hydrogen-bond acceptors (Lipinski definition) is 7. The monoisotopic (exact) mass is 405 g/mol. The van der Waals surface area contributed by atoms with Crippen LogP contribution in [0.3, 0.4) is 0 Å². The molecule has 3 aromatic rings. The van der Waals surface area contributed by atoms with Gasteiger partial charge in [0.2, 0.25) is 5.91 Å². The number of aromatic nitrogens is 2. The summed E-state index contributed by atoms with van der Waals surface area (Å²) in [5, 5.41) is 11.5. The average molecular weight is 406 g/mol. The maximum absolute atomic E-state index is 12.1. The maximum atomic E-state index is 12.1. The molecule has 3 rings (SSSR count). The smallest absolute Gasteiger partial charge is 0.277 e. The van der Waals surface area contributed by atoms with Gasteiger partial charge in [0.15, 0.2) is 0 Å². The summed E-state index contributed by atoms with van der Waals surface area (Å²) >= 11 is 7.15. The molecule has 0 aliphatic heterocycles. The van der Waals surface area contributed by atoms with Gasteiger partial charge in [-0.3, -0.25) is 4.79 Å². The molecular formula is C18H16ClN3O4S. The van der Waals surface area contributed by atoms with Gasteiger partial charge in [0.1, 0.15) is 11.5 Å². The average Bonchev–Trinajstić information content (AvgIpc) is 3.16. The fourth-order valence-corrected chi connectivity index (χ4v) is 2.97. The molecule has 0 spiro atoms. The molecule has 0 bridgehead atoms. The van der Waals surface area contributed by atoms with Crippen molar-refractivity contribution in [3.63, 3.8) is 0 Å². The lowest BCUT2D eigenvalue weighted by Crippen LogP contribution is -2.14. The van der Waals surface area contributed by atoms with Crippen molar-refractivity contribution in [1.82, 2.24) is 10.2 Å². The molecule has 0 saturated heterocycles. The number of benzene rings is 2. The minimum atomic E-state index is -0.227. The molecule has 0 saturated carbocycles. The molecule has 140 valence electrons. The van der Waals surface area contributed by atoms with Crippen LogP contribution in [-0.2, 0) is 4.79 Å². The number of anilines is 1. The molecule has 0 aliphatic carbocycles. The number of ether oxygens (including phenoxy) is 2. The van der Waals surface area contributed by atoms with Crippen LogP contribution in [0.25, 0.3) is 11.5 Å². The molecule has 7 nitrogen and oxygen atoms in total. The van der Waals surface area contributed by atoms with Gasteiger partial charge in [-0.15, -0.1) is 10.2 Å². The molecule has 1 N–H and O–H groups in total. The van der Waals surface area contributed by atoms with Crippen molar-refractivity contribution in [2.45, 2.75) is 5.22 Å². The molecule has 1 heterocycles. The SMILES string of the molecule is COc1ccc(-c2nnc(SCC(=O)Nc3ccccc3Cl)o2)c(OC)c1. The first-order valence-electron chi connectivity index (χ1n) is 7.84. The van der Waals surface area contributed by atoms with Crippen molar-refractivity contribution < 1.29 is 18.7 Å². The minimum Gasteiger partial charge on any atom is -0.497 e. The second-order valence-electron chi connectivity index (χ2n) is 5.26. The van der Waals surface area contributed by atoms with E-state index >= 15 is 0 Å². The number of halogens is 1. The first-order valence-corrected chi connectivity index (χ1v) is 9.20. The fraction of sp³-hybridized carbons (Fsp3) is 0.167. The predicted molar refractivity (Wildman–Crippen MR) is 104 cm³/mol. The number of methoxy groups -OCH3 is 2. The Morgan fingerprint density at radius 1 is 1.19 bits per heavy atom. The maximum Gasteiger partial charge on any atom is 0.277 e. The number of nitrogens with one attached hydrogen (secondary N) is 1. The third-order valence-electron chi connectivity index (χ3n) is 3.52. The number of carbonyl (C=O) groups excluding carboxylic acids is 1. The van der Waals surface area contributed by atoms with Crippen molar-refractivity contribution in [3.05, 3.63) is 47.5 Å². The molecule has 1 aromatic heterocycles. The molecule has 27 heavy (non-hydrogen) atoms. The highest BCUT2D eigenvalue weighted by molar-refractivity contribution is 7.99. The second kappa shape index (κ2) is 8.79. The minimum absolute atomic E-state index is 0.104. The van der Waals surface area contributed by atoms with Gasteiger partial charge in [-0.25, -0.2) is 0 Å². The van der Waals surface area contributed by atoms with Crippen LogP contribution in [0.5, 0.6) is 11.5 Å². The zero-order valence-corrected chi connectivity index (χ0v) is 16.1. The summed E-state index contributed by atoms with van der Waals surface area (Å²) in [7, 11) is 3.12. The first kappa shape index (κ1) is 19.1. The van der Waals surface area contributed by atoms with Crippen LogP contribution in [0.15, 0.2) is 52.1 Å². The highest BCUT2D eigenvalue weighted by Crippen LogP contribution is 2.33. The molecule has 1 amide bonds. The van der Waals surface area contributed by atoms with Gasteiger partial charge in [0, 0.05) is 6.07 Å². The number of hydrogen-bond donors (Lipinski definition) is 1. The first-order chi connectivity index (χ1) is 13.1. The van der Waals surface area contributed by atoms with E-state index in [1.807, 2.05) is 0 Å². The van der Waals surface area contributed by atoms with E-state index in [1.165, 1.54) is 0 Å². The van der Waals surface area contributed by atoms with Crippen LogP contribution in [0.2, 0.25) is 5.02 Å². The Balaban J connectivity index is 1.65. The summed E-state index contributed by atoms with van der Waals surface area (Å²) < 4.78 is 16.1. The van der Waals surface area contributed by atoms with Crippen molar-refractivity contribution in [2.24, 2.45) is 0 Å². The normalized spacial score (nSPS) is 10.5. The number of thioether (sulfide) groups is 1. The molecule has 9 heteroatoms. The van der Waals surface area contributed by atoms with Gasteiger partial charge >= 0.3 is 0 Å². The van der Waals surface area contributed by atoms with Crippen LogP contribution < -0.4 is 14.8 Å². The number of amides is 1. The summed E-state index contributed by atoms with van der Waals surface area (Å²) in [6.07, 6.45) is 0. The molecule has 0 unspecified atom stereocenters. The largest absolute Gasteiger partial charge is 0.497 e. The highest BCUT2D eigenvalue weighted by atomic mass is 35.5. The lowest BCUT2D eigenvalue weighted by Gasteiger charge is -2.07. The summed E-state index contributed by atoms with van der Waals surface area (Å²) in [6.45, 7) is 0. The van der Waals surface area contributed by atoms with Crippen molar-refractivity contribution in [3.8, 4) is 23.0 Å². The Morgan fingerprint density at radius 2 is 2.00 bits per heavy atom. The number of rotatable bonds is 7. The van der Waals surface area contributed by atoms with Gasteiger partial charge in [0.25, 0.3) is 11.1 Å². The van der Waals surface area contributed by atoms with Gasteiger partial charge in [-0.1, -0.05) is 35.5 Å². The van der Waals surface area contributed by atoms with E-state index in [0.29, 0.717) is 33.7 Å². The van der Waals surface area contributed by atoms with Crippen LogP contribution >= 0.6 is 23.4 Å². The summed E-state index contributed by atoms with van der Waals surface area (Å²) in [5.41, 5.74) is 1.19. The Kier molecular flexibility index (Phi) is 6.20.